The quantitative estimate of drug-likeness (QED) is 0.751. The minimum absolute atomic E-state index is 0.357. The Morgan fingerprint density at radius 1 is 1.35 bits per heavy atom. The van der Waals surface area contributed by atoms with E-state index in [0.29, 0.717) is 17.9 Å². The van der Waals surface area contributed by atoms with E-state index >= 15 is 0 Å². The first-order valence-electron chi connectivity index (χ1n) is 7.05. The number of rotatable bonds is 6. The second-order valence-corrected chi connectivity index (χ2v) is 5.64. The van der Waals surface area contributed by atoms with Crippen LogP contribution in [0.1, 0.15) is 59.3 Å². The summed E-state index contributed by atoms with van der Waals surface area (Å²) >= 11 is 0. The molecule has 0 spiro atoms. The number of nitrogens with one attached hydrogen (secondary N) is 1. The van der Waals surface area contributed by atoms with Gasteiger partial charge in [0, 0.05) is 6.04 Å². The molecular formula is C14H27NO2. The van der Waals surface area contributed by atoms with Crippen LogP contribution in [0.15, 0.2) is 0 Å². The van der Waals surface area contributed by atoms with Gasteiger partial charge >= 0.3 is 5.97 Å². The third-order valence-corrected chi connectivity index (χ3v) is 3.97. The molecule has 0 heterocycles. The first-order chi connectivity index (χ1) is 8.06. The van der Waals surface area contributed by atoms with Crippen LogP contribution in [0.2, 0.25) is 0 Å². The Morgan fingerprint density at radius 2 is 2.00 bits per heavy atom. The van der Waals surface area contributed by atoms with Crippen LogP contribution in [-0.4, -0.2) is 23.2 Å². The van der Waals surface area contributed by atoms with Crippen molar-refractivity contribution in [2.75, 3.05) is 0 Å². The maximum atomic E-state index is 11.2. The van der Waals surface area contributed by atoms with Crippen LogP contribution in [0.4, 0.5) is 0 Å². The van der Waals surface area contributed by atoms with Crippen molar-refractivity contribution in [2.24, 2.45) is 11.8 Å². The summed E-state index contributed by atoms with van der Waals surface area (Å²) in [5.74, 6) is 0.589. The van der Waals surface area contributed by atoms with Gasteiger partial charge in [0.2, 0.25) is 0 Å². The zero-order chi connectivity index (χ0) is 12.8. The molecule has 1 saturated carbocycles. The van der Waals surface area contributed by atoms with Crippen molar-refractivity contribution in [1.29, 1.82) is 0 Å². The SMILES string of the molecule is CCCC(NC1CCCCC1C(C)C)C(=O)O. The van der Waals surface area contributed by atoms with Crippen LogP contribution < -0.4 is 5.32 Å². The number of aliphatic carboxylic acids is 1. The number of carbonyl (C=O) groups is 1. The number of carboxylic acid groups (broad SMARTS) is 1. The lowest BCUT2D eigenvalue weighted by molar-refractivity contribution is -0.140. The van der Waals surface area contributed by atoms with Crippen molar-refractivity contribution >= 4 is 5.97 Å². The van der Waals surface area contributed by atoms with Crippen molar-refractivity contribution in [2.45, 2.75) is 71.4 Å². The smallest absolute Gasteiger partial charge is 0.320 e. The van der Waals surface area contributed by atoms with Gasteiger partial charge < -0.3 is 10.4 Å². The van der Waals surface area contributed by atoms with E-state index < -0.39 is 5.97 Å². The molecule has 17 heavy (non-hydrogen) atoms. The summed E-state index contributed by atoms with van der Waals surface area (Å²) < 4.78 is 0. The minimum atomic E-state index is -0.695. The van der Waals surface area contributed by atoms with E-state index in [4.69, 9.17) is 0 Å². The summed E-state index contributed by atoms with van der Waals surface area (Å²) in [6.45, 7) is 6.54. The van der Waals surface area contributed by atoms with Gasteiger partial charge in [0.05, 0.1) is 0 Å². The predicted octanol–water partition coefficient (Wildman–Crippen LogP) is 3.04. The number of hydrogen-bond acceptors (Lipinski definition) is 2. The molecule has 0 saturated heterocycles. The van der Waals surface area contributed by atoms with Gasteiger partial charge in [-0.05, 0) is 31.1 Å². The molecule has 3 heteroatoms. The Bertz CT molecular complexity index is 240. The van der Waals surface area contributed by atoms with Gasteiger partial charge in [-0.2, -0.15) is 0 Å². The monoisotopic (exact) mass is 241 g/mol. The first kappa shape index (κ1) is 14.5. The molecule has 2 N–H and O–H groups in total. The molecule has 0 aliphatic heterocycles. The Kier molecular flexibility index (Phi) is 5.96. The molecule has 0 amide bonds. The minimum Gasteiger partial charge on any atom is -0.480 e. The van der Waals surface area contributed by atoms with Gasteiger partial charge in [-0.15, -0.1) is 0 Å². The normalized spacial score (nSPS) is 27.1. The molecular weight excluding hydrogens is 214 g/mol. The molecule has 0 aromatic rings. The number of carboxylic acids is 1. The zero-order valence-corrected chi connectivity index (χ0v) is 11.4. The Morgan fingerprint density at radius 3 is 2.53 bits per heavy atom. The van der Waals surface area contributed by atoms with Crippen LogP contribution in [0, 0.1) is 11.8 Å². The number of hydrogen-bond donors (Lipinski definition) is 2. The fourth-order valence-corrected chi connectivity index (χ4v) is 2.99. The van der Waals surface area contributed by atoms with E-state index in [1.54, 1.807) is 0 Å². The van der Waals surface area contributed by atoms with Crippen molar-refractivity contribution in [3.05, 3.63) is 0 Å². The third-order valence-electron chi connectivity index (χ3n) is 3.97. The molecule has 3 atom stereocenters. The summed E-state index contributed by atoms with van der Waals surface area (Å²) in [6.07, 6.45) is 6.57. The van der Waals surface area contributed by atoms with Gasteiger partial charge in [-0.1, -0.05) is 40.0 Å². The van der Waals surface area contributed by atoms with Crippen LogP contribution in [0.3, 0.4) is 0 Å². The van der Waals surface area contributed by atoms with Gasteiger partial charge in [-0.25, -0.2) is 0 Å². The fourth-order valence-electron chi connectivity index (χ4n) is 2.99. The summed E-state index contributed by atoms with van der Waals surface area (Å²) in [4.78, 5) is 11.2. The maximum Gasteiger partial charge on any atom is 0.320 e. The van der Waals surface area contributed by atoms with Gasteiger partial charge in [-0.3, -0.25) is 4.79 Å². The van der Waals surface area contributed by atoms with Gasteiger partial charge in [0.15, 0.2) is 0 Å². The molecule has 0 aromatic heterocycles. The molecule has 0 bridgehead atoms. The second kappa shape index (κ2) is 7.00. The largest absolute Gasteiger partial charge is 0.480 e. The second-order valence-electron chi connectivity index (χ2n) is 5.64. The molecule has 1 aliphatic rings. The Balaban J connectivity index is 2.58. The summed E-state index contributed by atoms with van der Waals surface area (Å²) in [7, 11) is 0. The molecule has 1 rings (SSSR count). The van der Waals surface area contributed by atoms with Gasteiger partial charge in [0.25, 0.3) is 0 Å². The Hall–Kier alpha value is -0.570. The van der Waals surface area contributed by atoms with Crippen LogP contribution >= 0.6 is 0 Å². The molecule has 0 aromatic carbocycles. The lowest BCUT2D eigenvalue weighted by Gasteiger charge is -2.36. The topological polar surface area (TPSA) is 49.3 Å². The summed E-state index contributed by atoms with van der Waals surface area (Å²) in [5.41, 5.74) is 0. The molecule has 0 radical (unpaired) electrons. The van der Waals surface area contributed by atoms with Crippen LogP contribution in [0.5, 0.6) is 0 Å². The molecule has 1 fully saturated rings. The van der Waals surface area contributed by atoms with E-state index in [1.807, 2.05) is 6.92 Å². The van der Waals surface area contributed by atoms with Crippen molar-refractivity contribution < 1.29 is 9.90 Å². The van der Waals surface area contributed by atoms with E-state index in [0.717, 1.165) is 19.3 Å². The van der Waals surface area contributed by atoms with Crippen molar-refractivity contribution in [1.82, 2.24) is 5.32 Å². The van der Waals surface area contributed by atoms with Crippen molar-refractivity contribution in [3.8, 4) is 0 Å². The Labute approximate surface area is 105 Å². The average Bonchev–Trinajstić information content (AvgIpc) is 2.28. The molecule has 1 aliphatic carbocycles. The summed E-state index contributed by atoms with van der Waals surface area (Å²) in [5, 5.41) is 12.6. The first-order valence-corrected chi connectivity index (χ1v) is 7.05. The highest BCUT2D eigenvalue weighted by molar-refractivity contribution is 5.73. The molecule has 3 nitrogen and oxygen atoms in total. The van der Waals surface area contributed by atoms with E-state index in [1.165, 1.54) is 19.3 Å². The lowest BCUT2D eigenvalue weighted by atomic mass is 9.77. The highest BCUT2D eigenvalue weighted by Gasteiger charge is 2.30. The molecule has 100 valence electrons. The zero-order valence-electron chi connectivity index (χ0n) is 11.4. The maximum absolute atomic E-state index is 11.2. The van der Waals surface area contributed by atoms with Crippen LogP contribution in [-0.2, 0) is 4.79 Å². The third kappa shape index (κ3) is 4.30. The average molecular weight is 241 g/mol. The predicted molar refractivity (Wildman–Crippen MR) is 70.1 cm³/mol. The highest BCUT2D eigenvalue weighted by Crippen LogP contribution is 2.30. The fraction of sp³-hybridized carbons (Fsp3) is 0.929. The molecule has 3 unspecified atom stereocenters. The van der Waals surface area contributed by atoms with Crippen molar-refractivity contribution in [3.63, 3.8) is 0 Å². The van der Waals surface area contributed by atoms with E-state index in [9.17, 15) is 9.90 Å². The van der Waals surface area contributed by atoms with E-state index in [2.05, 4.69) is 19.2 Å². The summed E-state index contributed by atoms with van der Waals surface area (Å²) in [6, 6.07) is 0.0424. The van der Waals surface area contributed by atoms with E-state index in [-0.39, 0.29) is 6.04 Å². The van der Waals surface area contributed by atoms with Gasteiger partial charge in [0.1, 0.15) is 6.04 Å². The lowest BCUT2D eigenvalue weighted by Crippen LogP contribution is -2.49. The highest BCUT2D eigenvalue weighted by atomic mass is 16.4. The van der Waals surface area contributed by atoms with Crippen LogP contribution in [0.25, 0.3) is 0 Å². The standard InChI is InChI=1S/C14H27NO2/c1-4-7-13(14(16)17)15-12-9-6-5-8-11(12)10(2)3/h10-13,15H,4-9H2,1-3H3,(H,16,17).